The molecule has 0 radical (unpaired) electrons. The predicted octanol–water partition coefficient (Wildman–Crippen LogP) is 1.59. The zero-order chi connectivity index (χ0) is 14.8. The van der Waals surface area contributed by atoms with Gasteiger partial charge >= 0.3 is 5.97 Å². The Hall–Kier alpha value is -2.04. The van der Waals surface area contributed by atoms with Gasteiger partial charge in [0.25, 0.3) is 0 Å². The van der Waals surface area contributed by atoms with Crippen LogP contribution in [0.3, 0.4) is 0 Å². The third-order valence-electron chi connectivity index (χ3n) is 4.30. The summed E-state index contributed by atoms with van der Waals surface area (Å²) < 4.78 is 0. The third kappa shape index (κ3) is 3.17. The standard InChI is InChI=1S/C16H20N2O3/c19-15-10-18(8-7-17-15)14-4-2-1-3-12(14)13(9-16(20)21)11-5-6-11/h1-4,11,13H,5-10H2,(H,17,19)(H,20,21). The fourth-order valence-electron chi connectivity index (χ4n) is 3.15. The fraction of sp³-hybridized carbons (Fsp3) is 0.500. The molecule has 0 aromatic heterocycles. The lowest BCUT2D eigenvalue weighted by atomic mass is 9.89. The minimum absolute atomic E-state index is 0.0252. The van der Waals surface area contributed by atoms with Crippen molar-refractivity contribution in [1.29, 1.82) is 0 Å². The van der Waals surface area contributed by atoms with Gasteiger partial charge in [-0.25, -0.2) is 0 Å². The monoisotopic (exact) mass is 288 g/mol. The van der Waals surface area contributed by atoms with Gasteiger partial charge in [0, 0.05) is 18.8 Å². The van der Waals surface area contributed by atoms with Crippen molar-refractivity contribution in [1.82, 2.24) is 5.32 Å². The molecule has 1 amide bonds. The van der Waals surface area contributed by atoms with Crippen LogP contribution in [0.4, 0.5) is 5.69 Å². The van der Waals surface area contributed by atoms with Gasteiger partial charge in [-0.1, -0.05) is 18.2 Å². The van der Waals surface area contributed by atoms with Crippen molar-refractivity contribution in [3.05, 3.63) is 29.8 Å². The Kier molecular flexibility index (Phi) is 3.82. The van der Waals surface area contributed by atoms with E-state index in [-0.39, 0.29) is 18.2 Å². The molecule has 1 saturated heterocycles. The number of para-hydroxylation sites is 1. The summed E-state index contributed by atoms with van der Waals surface area (Å²) in [7, 11) is 0. The van der Waals surface area contributed by atoms with Crippen molar-refractivity contribution in [3.8, 4) is 0 Å². The molecule has 5 nitrogen and oxygen atoms in total. The number of carbonyl (C=O) groups excluding carboxylic acids is 1. The Bertz CT molecular complexity index is 554. The summed E-state index contributed by atoms with van der Waals surface area (Å²) in [4.78, 5) is 24.8. The number of piperazine rings is 1. The zero-order valence-corrected chi connectivity index (χ0v) is 11.9. The molecule has 0 bridgehead atoms. The van der Waals surface area contributed by atoms with E-state index in [9.17, 15) is 14.7 Å². The van der Waals surface area contributed by atoms with Crippen molar-refractivity contribution in [2.24, 2.45) is 5.92 Å². The molecule has 112 valence electrons. The van der Waals surface area contributed by atoms with Gasteiger partial charge in [0.2, 0.25) is 5.91 Å². The average Bonchev–Trinajstić information content (AvgIpc) is 3.29. The number of nitrogens with one attached hydrogen (secondary N) is 1. The first kappa shape index (κ1) is 13.9. The summed E-state index contributed by atoms with van der Waals surface area (Å²) in [5.41, 5.74) is 2.10. The van der Waals surface area contributed by atoms with Gasteiger partial charge in [-0.3, -0.25) is 9.59 Å². The number of hydrogen-bond acceptors (Lipinski definition) is 3. The van der Waals surface area contributed by atoms with Crippen molar-refractivity contribution in [2.45, 2.75) is 25.2 Å². The average molecular weight is 288 g/mol. The molecule has 1 saturated carbocycles. The van der Waals surface area contributed by atoms with Crippen LogP contribution in [-0.2, 0) is 9.59 Å². The molecule has 1 aromatic carbocycles. The van der Waals surface area contributed by atoms with Crippen LogP contribution in [0.15, 0.2) is 24.3 Å². The van der Waals surface area contributed by atoms with Crippen molar-refractivity contribution >= 4 is 17.6 Å². The maximum atomic E-state index is 11.6. The number of hydrogen-bond donors (Lipinski definition) is 2. The van der Waals surface area contributed by atoms with Gasteiger partial charge in [-0.15, -0.1) is 0 Å². The van der Waals surface area contributed by atoms with E-state index < -0.39 is 5.97 Å². The zero-order valence-electron chi connectivity index (χ0n) is 11.9. The number of carbonyl (C=O) groups is 2. The van der Waals surface area contributed by atoms with E-state index in [2.05, 4.69) is 10.2 Å². The summed E-state index contributed by atoms with van der Waals surface area (Å²) in [6, 6.07) is 7.94. The molecule has 21 heavy (non-hydrogen) atoms. The highest BCUT2D eigenvalue weighted by molar-refractivity contribution is 5.83. The van der Waals surface area contributed by atoms with E-state index in [0.29, 0.717) is 19.0 Å². The molecule has 1 aliphatic carbocycles. The number of aliphatic carboxylic acids is 1. The van der Waals surface area contributed by atoms with E-state index in [0.717, 1.165) is 30.6 Å². The van der Waals surface area contributed by atoms with Gasteiger partial charge in [0.05, 0.1) is 13.0 Å². The fourth-order valence-corrected chi connectivity index (χ4v) is 3.15. The highest BCUT2D eigenvalue weighted by Gasteiger charge is 2.35. The molecule has 5 heteroatoms. The van der Waals surface area contributed by atoms with Gasteiger partial charge in [-0.2, -0.15) is 0 Å². The highest BCUT2D eigenvalue weighted by Crippen LogP contribution is 2.47. The van der Waals surface area contributed by atoms with E-state index in [1.54, 1.807) is 0 Å². The minimum Gasteiger partial charge on any atom is -0.481 e. The quantitative estimate of drug-likeness (QED) is 0.863. The summed E-state index contributed by atoms with van der Waals surface area (Å²) in [5, 5.41) is 12.0. The van der Waals surface area contributed by atoms with E-state index >= 15 is 0 Å². The third-order valence-corrected chi connectivity index (χ3v) is 4.30. The number of carboxylic acids is 1. The molecule has 1 aliphatic heterocycles. The lowest BCUT2D eigenvalue weighted by Crippen LogP contribution is -2.48. The maximum Gasteiger partial charge on any atom is 0.303 e. The van der Waals surface area contributed by atoms with Crippen LogP contribution < -0.4 is 10.2 Å². The molecule has 1 heterocycles. The van der Waals surface area contributed by atoms with Gasteiger partial charge < -0.3 is 15.3 Å². The Balaban J connectivity index is 1.90. The van der Waals surface area contributed by atoms with Crippen LogP contribution in [0.25, 0.3) is 0 Å². The summed E-state index contributed by atoms with van der Waals surface area (Å²) in [6.07, 6.45) is 2.38. The molecular weight excluding hydrogens is 268 g/mol. The molecule has 2 N–H and O–H groups in total. The smallest absolute Gasteiger partial charge is 0.303 e. The second kappa shape index (κ2) is 5.76. The van der Waals surface area contributed by atoms with Crippen LogP contribution >= 0.6 is 0 Å². The molecule has 0 spiro atoms. The van der Waals surface area contributed by atoms with Crippen LogP contribution in [-0.4, -0.2) is 36.6 Å². The maximum absolute atomic E-state index is 11.6. The van der Waals surface area contributed by atoms with Crippen LogP contribution in [0.1, 0.15) is 30.7 Å². The van der Waals surface area contributed by atoms with Gasteiger partial charge in [0.1, 0.15) is 0 Å². The van der Waals surface area contributed by atoms with Crippen molar-refractivity contribution < 1.29 is 14.7 Å². The van der Waals surface area contributed by atoms with E-state index in [4.69, 9.17) is 0 Å². The highest BCUT2D eigenvalue weighted by atomic mass is 16.4. The molecule has 1 unspecified atom stereocenters. The number of amides is 1. The first-order valence-electron chi connectivity index (χ1n) is 7.47. The summed E-state index contributed by atoms with van der Waals surface area (Å²) in [6.45, 7) is 1.76. The van der Waals surface area contributed by atoms with E-state index in [1.165, 1.54) is 0 Å². The van der Waals surface area contributed by atoms with Gasteiger partial charge in [-0.05, 0) is 36.3 Å². The van der Waals surface area contributed by atoms with Crippen molar-refractivity contribution in [2.75, 3.05) is 24.5 Å². The molecule has 2 fully saturated rings. The number of nitrogens with zero attached hydrogens (tertiary/aromatic N) is 1. The Morgan fingerprint density at radius 3 is 2.81 bits per heavy atom. The van der Waals surface area contributed by atoms with Crippen molar-refractivity contribution in [3.63, 3.8) is 0 Å². The molecule has 3 rings (SSSR count). The summed E-state index contributed by atoms with van der Waals surface area (Å²) in [5.74, 6) is -0.195. The molecule has 1 aromatic rings. The molecular formula is C16H20N2O3. The van der Waals surface area contributed by atoms with Crippen LogP contribution in [0.2, 0.25) is 0 Å². The number of carboxylic acid groups (broad SMARTS) is 1. The summed E-state index contributed by atoms with van der Waals surface area (Å²) >= 11 is 0. The number of rotatable bonds is 5. The lowest BCUT2D eigenvalue weighted by Gasteiger charge is -2.32. The Labute approximate surface area is 123 Å². The Morgan fingerprint density at radius 1 is 1.38 bits per heavy atom. The first-order chi connectivity index (χ1) is 10.1. The minimum atomic E-state index is -0.752. The second-order valence-electron chi connectivity index (χ2n) is 5.87. The normalized spacial score (nSPS) is 20.0. The van der Waals surface area contributed by atoms with Gasteiger partial charge in [0.15, 0.2) is 0 Å². The van der Waals surface area contributed by atoms with E-state index in [1.807, 2.05) is 24.3 Å². The number of anilines is 1. The predicted molar refractivity (Wildman–Crippen MR) is 79.4 cm³/mol. The Morgan fingerprint density at radius 2 is 2.14 bits per heavy atom. The SMILES string of the molecule is O=C(O)CC(c1ccccc1N1CCNC(=O)C1)C1CC1. The lowest BCUT2D eigenvalue weighted by molar-refractivity contribution is -0.137. The second-order valence-corrected chi connectivity index (χ2v) is 5.87. The molecule has 2 aliphatic rings. The molecule has 1 atom stereocenters. The topological polar surface area (TPSA) is 69.6 Å². The van der Waals surface area contributed by atoms with Crippen LogP contribution in [0, 0.1) is 5.92 Å². The van der Waals surface area contributed by atoms with Crippen LogP contribution in [0.5, 0.6) is 0 Å². The largest absolute Gasteiger partial charge is 0.481 e. The first-order valence-corrected chi connectivity index (χ1v) is 7.47. The number of benzene rings is 1.